The Hall–Kier alpha value is -1.85. The van der Waals surface area contributed by atoms with Gasteiger partial charge in [0, 0.05) is 0 Å². The Balaban J connectivity index is 2.29. The summed E-state index contributed by atoms with van der Waals surface area (Å²) in [6, 6.07) is 0. The van der Waals surface area contributed by atoms with E-state index in [1.165, 1.54) is 6.33 Å². The Morgan fingerprint density at radius 2 is 2.58 bits per heavy atom. The highest BCUT2D eigenvalue weighted by atomic mass is 16.1. The van der Waals surface area contributed by atoms with Crippen LogP contribution in [0.2, 0.25) is 0 Å². The zero-order valence-corrected chi connectivity index (χ0v) is 6.19. The van der Waals surface area contributed by atoms with E-state index in [9.17, 15) is 4.79 Å². The van der Waals surface area contributed by atoms with Crippen LogP contribution in [0.4, 0.5) is 5.95 Å². The van der Waals surface area contributed by atoms with E-state index in [1.807, 2.05) is 0 Å². The van der Waals surface area contributed by atoms with Crippen molar-refractivity contribution in [2.75, 3.05) is 5.32 Å². The molecule has 0 unspecified atom stereocenters. The third-order valence-electron chi connectivity index (χ3n) is 1.60. The maximum atomic E-state index is 10.7. The number of allylic oxidation sites excluding steroid dienone is 1. The van der Waals surface area contributed by atoms with Crippen LogP contribution in [-0.2, 0) is 11.3 Å². The number of hydrogen-bond donors (Lipinski definition) is 2. The second-order valence-electron chi connectivity index (χ2n) is 2.37. The molecule has 1 aromatic rings. The summed E-state index contributed by atoms with van der Waals surface area (Å²) < 4.78 is 1.63. The van der Waals surface area contributed by atoms with Crippen molar-refractivity contribution in [1.29, 1.82) is 0 Å². The molecule has 0 spiro atoms. The van der Waals surface area contributed by atoms with E-state index in [-0.39, 0.29) is 0 Å². The molecule has 3 N–H and O–H groups in total. The van der Waals surface area contributed by atoms with Gasteiger partial charge in [-0.25, -0.2) is 4.68 Å². The van der Waals surface area contributed by atoms with Gasteiger partial charge in [-0.3, -0.25) is 4.79 Å². The number of anilines is 1. The van der Waals surface area contributed by atoms with Crippen LogP contribution in [0.15, 0.2) is 18.1 Å². The SMILES string of the molecule is NC(=O)C1=CCn2ncnc2N1. The van der Waals surface area contributed by atoms with Crippen LogP contribution < -0.4 is 11.1 Å². The second-order valence-corrected chi connectivity index (χ2v) is 2.37. The molecule has 0 atom stereocenters. The monoisotopic (exact) mass is 165 g/mol. The molecule has 0 radical (unpaired) electrons. The smallest absolute Gasteiger partial charge is 0.264 e. The number of nitrogens with one attached hydrogen (secondary N) is 1. The fourth-order valence-corrected chi connectivity index (χ4v) is 1.01. The number of nitrogens with zero attached hydrogens (tertiary/aromatic N) is 3. The van der Waals surface area contributed by atoms with E-state index in [0.717, 1.165) is 0 Å². The molecule has 0 aromatic carbocycles. The first-order valence-corrected chi connectivity index (χ1v) is 3.42. The molecule has 1 aliphatic heterocycles. The average molecular weight is 165 g/mol. The first-order chi connectivity index (χ1) is 5.77. The summed E-state index contributed by atoms with van der Waals surface area (Å²) in [5.74, 6) is 0.0653. The lowest BCUT2D eigenvalue weighted by Crippen LogP contribution is -2.25. The summed E-state index contributed by atoms with van der Waals surface area (Å²) in [4.78, 5) is 14.6. The molecule has 2 rings (SSSR count). The predicted molar refractivity (Wildman–Crippen MR) is 40.9 cm³/mol. The average Bonchev–Trinajstić information content (AvgIpc) is 2.49. The number of hydrogen-bond acceptors (Lipinski definition) is 4. The molecule has 6 nitrogen and oxygen atoms in total. The van der Waals surface area contributed by atoms with E-state index in [0.29, 0.717) is 18.2 Å². The first-order valence-electron chi connectivity index (χ1n) is 3.42. The van der Waals surface area contributed by atoms with E-state index in [4.69, 9.17) is 5.73 Å². The van der Waals surface area contributed by atoms with Crippen LogP contribution in [0, 0.1) is 0 Å². The fraction of sp³-hybridized carbons (Fsp3) is 0.167. The van der Waals surface area contributed by atoms with Gasteiger partial charge in [0.15, 0.2) is 0 Å². The van der Waals surface area contributed by atoms with Crippen molar-refractivity contribution < 1.29 is 4.79 Å². The van der Waals surface area contributed by atoms with Gasteiger partial charge < -0.3 is 11.1 Å². The van der Waals surface area contributed by atoms with Gasteiger partial charge in [-0.1, -0.05) is 0 Å². The number of carbonyl (C=O) groups is 1. The molecule has 0 fully saturated rings. The van der Waals surface area contributed by atoms with Crippen LogP contribution in [-0.4, -0.2) is 20.7 Å². The molecule has 1 amide bonds. The van der Waals surface area contributed by atoms with Gasteiger partial charge in [0.1, 0.15) is 12.0 Å². The molecule has 1 aliphatic rings. The number of aromatic nitrogens is 3. The summed E-state index contributed by atoms with van der Waals surface area (Å²) in [6.45, 7) is 0.528. The Labute approximate surface area is 68.1 Å². The second kappa shape index (κ2) is 2.33. The minimum absolute atomic E-state index is 0.371. The number of primary amides is 1. The molecule has 0 saturated heterocycles. The topological polar surface area (TPSA) is 85.8 Å². The molecule has 0 bridgehead atoms. The first kappa shape index (κ1) is 6.84. The van der Waals surface area contributed by atoms with Gasteiger partial charge in [-0.15, -0.1) is 0 Å². The third kappa shape index (κ3) is 0.931. The van der Waals surface area contributed by atoms with Crippen LogP contribution in [0.3, 0.4) is 0 Å². The standard InChI is InChI=1S/C6H7N5O/c7-5(12)4-1-2-11-6(10-4)8-3-9-11/h1,3H,2H2,(H2,7,12)(H,8,9,10). The van der Waals surface area contributed by atoms with Crippen molar-refractivity contribution in [2.45, 2.75) is 6.54 Å². The van der Waals surface area contributed by atoms with Crippen molar-refractivity contribution in [2.24, 2.45) is 5.73 Å². The van der Waals surface area contributed by atoms with E-state index in [2.05, 4.69) is 15.4 Å². The van der Waals surface area contributed by atoms with Crippen molar-refractivity contribution in [3.63, 3.8) is 0 Å². The number of nitrogens with two attached hydrogens (primary N) is 1. The quantitative estimate of drug-likeness (QED) is 0.563. The molecule has 2 heterocycles. The van der Waals surface area contributed by atoms with Crippen molar-refractivity contribution in [3.05, 3.63) is 18.1 Å². The Morgan fingerprint density at radius 3 is 3.33 bits per heavy atom. The Kier molecular flexibility index (Phi) is 1.33. The molecular formula is C6H7N5O. The minimum atomic E-state index is -0.482. The van der Waals surface area contributed by atoms with E-state index in [1.54, 1.807) is 10.8 Å². The normalized spacial score (nSPS) is 14.5. The summed E-state index contributed by atoms with van der Waals surface area (Å²) in [6.07, 6.45) is 3.09. The molecule has 0 aliphatic carbocycles. The van der Waals surface area contributed by atoms with Crippen LogP contribution in [0.1, 0.15) is 0 Å². The van der Waals surface area contributed by atoms with Gasteiger partial charge in [-0.2, -0.15) is 10.1 Å². The predicted octanol–water partition coefficient (Wildman–Crippen LogP) is -0.927. The maximum absolute atomic E-state index is 10.7. The Bertz CT molecular complexity index is 353. The van der Waals surface area contributed by atoms with Crippen LogP contribution in [0.5, 0.6) is 0 Å². The van der Waals surface area contributed by atoms with Crippen LogP contribution in [0.25, 0.3) is 0 Å². The Morgan fingerprint density at radius 1 is 1.75 bits per heavy atom. The summed E-state index contributed by atoms with van der Waals surface area (Å²) >= 11 is 0. The van der Waals surface area contributed by atoms with Gasteiger partial charge in [0.25, 0.3) is 5.91 Å². The van der Waals surface area contributed by atoms with Crippen molar-refractivity contribution >= 4 is 11.9 Å². The zero-order valence-electron chi connectivity index (χ0n) is 6.19. The van der Waals surface area contributed by atoms with Gasteiger partial charge in [0.05, 0.1) is 6.54 Å². The molecule has 0 saturated carbocycles. The van der Waals surface area contributed by atoms with E-state index < -0.39 is 5.91 Å². The maximum Gasteiger partial charge on any atom is 0.264 e. The zero-order chi connectivity index (χ0) is 8.55. The summed E-state index contributed by atoms with van der Waals surface area (Å²) in [5.41, 5.74) is 5.44. The molecule has 62 valence electrons. The van der Waals surface area contributed by atoms with Crippen molar-refractivity contribution in [1.82, 2.24) is 14.8 Å². The lowest BCUT2D eigenvalue weighted by atomic mass is 10.3. The third-order valence-corrected chi connectivity index (χ3v) is 1.60. The number of amides is 1. The lowest BCUT2D eigenvalue weighted by Gasteiger charge is -2.12. The highest BCUT2D eigenvalue weighted by molar-refractivity contribution is 5.94. The van der Waals surface area contributed by atoms with Gasteiger partial charge >= 0.3 is 0 Å². The molecule has 1 aromatic heterocycles. The molecule has 6 heteroatoms. The summed E-state index contributed by atoms with van der Waals surface area (Å²) in [5, 5.41) is 6.65. The fourth-order valence-electron chi connectivity index (χ4n) is 1.01. The van der Waals surface area contributed by atoms with E-state index >= 15 is 0 Å². The molecule has 12 heavy (non-hydrogen) atoms. The number of rotatable bonds is 1. The number of carbonyl (C=O) groups excluding carboxylic acids is 1. The molecular weight excluding hydrogens is 158 g/mol. The van der Waals surface area contributed by atoms with Gasteiger partial charge in [0.2, 0.25) is 5.95 Å². The van der Waals surface area contributed by atoms with Crippen molar-refractivity contribution in [3.8, 4) is 0 Å². The minimum Gasteiger partial charge on any atom is -0.364 e. The highest BCUT2D eigenvalue weighted by Crippen LogP contribution is 2.10. The van der Waals surface area contributed by atoms with Crippen LogP contribution >= 0.6 is 0 Å². The lowest BCUT2D eigenvalue weighted by molar-refractivity contribution is -0.114. The van der Waals surface area contributed by atoms with Gasteiger partial charge in [-0.05, 0) is 6.08 Å². The largest absolute Gasteiger partial charge is 0.364 e. The number of fused-ring (bicyclic) bond motifs is 1. The summed E-state index contributed by atoms with van der Waals surface area (Å²) in [7, 11) is 0. The highest BCUT2D eigenvalue weighted by Gasteiger charge is 2.13.